The lowest BCUT2D eigenvalue weighted by molar-refractivity contribution is -0.384. The predicted octanol–water partition coefficient (Wildman–Crippen LogP) is 2.81. The third-order valence-electron chi connectivity index (χ3n) is 3.26. The van der Waals surface area contributed by atoms with E-state index in [4.69, 9.17) is 4.74 Å². The number of benzene rings is 2. The highest BCUT2D eigenvalue weighted by Crippen LogP contribution is 2.17. The van der Waals surface area contributed by atoms with Crippen LogP contribution in [0, 0.1) is 10.1 Å². The van der Waals surface area contributed by atoms with Gasteiger partial charge in [-0.15, -0.1) is 0 Å². The molecule has 2 aromatic carbocycles. The van der Waals surface area contributed by atoms with E-state index in [1.165, 1.54) is 18.5 Å². The zero-order chi connectivity index (χ0) is 16.1. The summed E-state index contributed by atoms with van der Waals surface area (Å²) in [6, 6.07) is 14.0. The molecule has 0 aliphatic carbocycles. The average Bonchev–Trinajstić information content (AvgIpc) is 3.07. The fourth-order valence-electron chi connectivity index (χ4n) is 2.12. The molecule has 0 saturated carbocycles. The molecule has 1 aromatic heterocycles. The number of aromatic nitrogens is 3. The van der Waals surface area contributed by atoms with Crippen molar-refractivity contribution in [2.24, 2.45) is 0 Å². The number of non-ortho nitro benzene ring substituents is 1. The molecule has 1 heterocycles. The SMILES string of the molecule is O=[N+]([O-])c1ccc(COc2cccc(Cn3cncn3)c2)cc1. The van der Waals surface area contributed by atoms with Crippen molar-refractivity contribution in [2.45, 2.75) is 13.2 Å². The van der Waals surface area contributed by atoms with Crippen LogP contribution in [-0.4, -0.2) is 19.7 Å². The largest absolute Gasteiger partial charge is 0.489 e. The van der Waals surface area contributed by atoms with Gasteiger partial charge >= 0.3 is 0 Å². The van der Waals surface area contributed by atoms with Gasteiger partial charge in [0.25, 0.3) is 5.69 Å². The summed E-state index contributed by atoms with van der Waals surface area (Å²) in [6.07, 6.45) is 3.15. The standard InChI is InChI=1S/C16H14N4O3/c21-20(22)15-6-4-13(5-7-15)10-23-16-3-1-2-14(8-16)9-19-12-17-11-18-19/h1-8,11-12H,9-10H2. The van der Waals surface area contributed by atoms with Gasteiger partial charge in [-0.05, 0) is 35.4 Å². The maximum absolute atomic E-state index is 10.6. The summed E-state index contributed by atoms with van der Waals surface area (Å²) in [7, 11) is 0. The first-order valence-electron chi connectivity index (χ1n) is 6.98. The minimum absolute atomic E-state index is 0.0728. The maximum Gasteiger partial charge on any atom is 0.269 e. The Balaban J connectivity index is 1.62. The molecule has 23 heavy (non-hydrogen) atoms. The second-order valence-electron chi connectivity index (χ2n) is 4.95. The van der Waals surface area contributed by atoms with Crippen LogP contribution < -0.4 is 4.74 Å². The Morgan fingerprint density at radius 3 is 2.65 bits per heavy atom. The van der Waals surface area contributed by atoms with Gasteiger partial charge < -0.3 is 4.74 Å². The van der Waals surface area contributed by atoms with E-state index in [0.717, 1.165) is 16.9 Å². The molecule has 3 aromatic rings. The molecular weight excluding hydrogens is 296 g/mol. The molecule has 0 radical (unpaired) electrons. The van der Waals surface area contributed by atoms with E-state index in [2.05, 4.69) is 10.1 Å². The van der Waals surface area contributed by atoms with Crippen molar-refractivity contribution in [2.75, 3.05) is 0 Å². The minimum atomic E-state index is -0.418. The Morgan fingerprint density at radius 1 is 1.13 bits per heavy atom. The molecule has 116 valence electrons. The first-order chi connectivity index (χ1) is 11.2. The van der Waals surface area contributed by atoms with Gasteiger partial charge in [0.15, 0.2) is 0 Å². The maximum atomic E-state index is 10.6. The number of nitrogens with zero attached hydrogens (tertiary/aromatic N) is 4. The predicted molar refractivity (Wildman–Crippen MR) is 83.0 cm³/mol. The van der Waals surface area contributed by atoms with Gasteiger partial charge in [-0.25, -0.2) is 9.67 Å². The molecule has 0 aliphatic rings. The summed E-state index contributed by atoms with van der Waals surface area (Å²) in [6.45, 7) is 0.972. The Bertz CT molecular complexity index is 785. The van der Waals surface area contributed by atoms with Crippen molar-refractivity contribution >= 4 is 5.69 Å². The molecule has 3 rings (SSSR count). The summed E-state index contributed by atoms with van der Waals surface area (Å²) in [5, 5.41) is 14.7. The molecule has 0 bridgehead atoms. The van der Waals surface area contributed by atoms with Crippen molar-refractivity contribution < 1.29 is 9.66 Å². The first kappa shape index (κ1) is 14.7. The number of hydrogen-bond acceptors (Lipinski definition) is 5. The van der Waals surface area contributed by atoms with Crippen LogP contribution in [0.25, 0.3) is 0 Å². The van der Waals surface area contributed by atoms with Crippen molar-refractivity contribution in [3.63, 3.8) is 0 Å². The molecular formula is C16H14N4O3. The van der Waals surface area contributed by atoms with Crippen LogP contribution in [0.4, 0.5) is 5.69 Å². The number of nitro groups is 1. The van der Waals surface area contributed by atoms with E-state index in [9.17, 15) is 10.1 Å². The fraction of sp³-hybridized carbons (Fsp3) is 0.125. The highest BCUT2D eigenvalue weighted by Gasteiger charge is 2.04. The van der Waals surface area contributed by atoms with Crippen LogP contribution >= 0.6 is 0 Å². The Hall–Kier alpha value is -3.22. The van der Waals surface area contributed by atoms with Crippen LogP contribution in [0.2, 0.25) is 0 Å². The Kier molecular flexibility index (Phi) is 4.28. The van der Waals surface area contributed by atoms with E-state index in [1.54, 1.807) is 23.1 Å². The van der Waals surface area contributed by atoms with Gasteiger partial charge in [-0.3, -0.25) is 10.1 Å². The van der Waals surface area contributed by atoms with Crippen molar-refractivity contribution in [3.8, 4) is 5.75 Å². The topological polar surface area (TPSA) is 83.1 Å². The van der Waals surface area contributed by atoms with Crippen molar-refractivity contribution in [1.82, 2.24) is 14.8 Å². The van der Waals surface area contributed by atoms with Crippen molar-refractivity contribution in [3.05, 3.63) is 82.4 Å². The highest BCUT2D eigenvalue weighted by molar-refractivity contribution is 5.33. The molecule has 7 nitrogen and oxygen atoms in total. The van der Waals surface area contributed by atoms with Gasteiger partial charge in [-0.1, -0.05) is 12.1 Å². The molecule has 0 amide bonds. The number of rotatable bonds is 6. The van der Waals surface area contributed by atoms with Crippen LogP contribution in [0.15, 0.2) is 61.2 Å². The van der Waals surface area contributed by atoms with Gasteiger partial charge in [0, 0.05) is 12.1 Å². The fourth-order valence-corrected chi connectivity index (χ4v) is 2.12. The van der Waals surface area contributed by atoms with Gasteiger partial charge in [-0.2, -0.15) is 5.10 Å². The number of hydrogen-bond donors (Lipinski definition) is 0. The molecule has 0 spiro atoms. The monoisotopic (exact) mass is 310 g/mol. The first-order valence-corrected chi connectivity index (χ1v) is 6.98. The minimum Gasteiger partial charge on any atom is -0.489 e. The summed E-state index contributed by atoms with van der Waals surface area (Å²) >= 11 is 0. The second-order valence-corrected chi connectivity index (χ2v) is 4.95. The molecule has 0 atom stereocenters. The smallest absolute Gasteiger partial charge is 0.269 e. The molecule has 0 saturated heterocycles. The van der Waals surface area contributed by atoms with Crippen LogP contribution in [-0.2, 0) is 13.2 Å². The Labute approximate surface area is 132 Å². The van der Waals surface area contributed by atoms with E-state index in [1.807, 2.05) is 24.3 Å². The van der Waals surface area contributed by atoms with Crippen LogP contribution in [0.3, 0.4) is 0 Å². The second kappa shape index (κ2) is 6.69. The van der Waals surface area contributed by atoms with E-state index < -0.39 is 4.92 Å². The third kappa shape index (κ3) is 3.91. The lowest BCUT2D eigenvalue weighted by Crippen LogP contribution is -2.01. The molecule has 0 unspecified atom stereocenters. The van der Waals surface area contributed by atoms with E-state index >= 15 is 0 Å². The summed E-state index contributed by atoms with van der Waals surface area (Å²) < 4.78 is 7.47. The zero-order valence-corrected chi connectivity index (χ0v) is 12.2. The highest BCUT2D eigenvalue weighted by atomic mass is 16.6. The van der Waals surface area contributed by atoms with Gasteiger partial charge in [0.05, 0.1) is 11.5 Å². The van der Waals surface area contributed by atoms with Gasteiger partial charge in [0.1, 0.15) is 25.0 Å². The zero-order valence-electron chi connectivity index (χ0n) is 12.2. The number of nitro benzene ring substituents is 1. The van der Waals surface area contributed by atoms with E-state index in [-0.39, 0.29) is 5.69 Å². The lowest BCUT2D eigenvalue weighted by atomic mass is 10.2. The average molecular weight is 310 g/mol. The normalized spacial score (nSPS) is 10.4. The molecule has 0 aliphatic heterocycles. The van der Waals surface area contributed by atoms with Crippen LogP contribution in [0.1, 0.15) is 11.1 Å². The van der Waals surface area contributed by atoms with E-state index in [0.29, 0.717) is 13.2 Å². The molecule has 0 N–H and O–H groups in total. The molecule has 0 fully saturated rings. The van der Waals surface area contributed by atoms with Crippen molar-refractivity contribution in [1.29, 1.82) is 0 Å². The summed E-state index contributed by atoms with van der Waals surface area (Å²) in [5.41, 5.74) is 2.00. The number of ether oxygens (including phenoxy) is 1. The summed E-state index contributed by atoms with van der Waals surface area (Å²) in [5.74, 6) is 0.737. The lowest BCUT2D eigenvalue weighted by Gasteiger charge is -2.08. The summed E-state index contributed by atoms with van der Waals surface area (Å²) in [4.78, 5) is 14.1. The quantitative estimate of drug-likeness (QED) is 0.516. The molecule has 7 heteroatoms. The van der Waals surface area contributed by atoms with Gasteiger partial charge in [0.2, 0.25) is 0 Å². The third-order valence-corrected chi connectivity index (χ3v) is 3.26. The van der Waals surface area contributed by atoms with Crippen LogP contribution in [0.5, 0.6) is 5.75 Å². The Morgan fingerprint density at radius 2 is 1.96 bits per heavy atom.